The second-order valence-corrected chi connectivity index (χ2v) is 10.6. The summed E-state index contributed by atoms with van der Waals surface area (Å²) in [5.41, 5.74) is -0.989. The normalized spacial score (nSPS) is 21.3. The van der Waals surface area contributed by atoms with Crippen molar-refractivity contribution in [2.75, 3.05) is 6.61 Å². The third kappa shape index (κ3) is 5.26. The molecular weight excluding hydrogens is 531 g/mol. The van der Waals surface area contributed by atoms with Gasteiger partial charge in [-0.15, -0.1) is 0 Å². The van der Waals surface area contributed by atoms with E-state index in [1.165, 1.54) is 0 Å². The van der Waals surface area contributed by atoms with E-state index in [1.807, 2.05) is 0 Å². The van der Waals surface area contributed by atoms with Gasteiger partial charge in [-0.25, -0.2) is 17.6 Å². The van der Waals surface area contributed by atoms with Crippen molar-refractivity contribution in [3.05, 3.63) is 102 Å². The van der Waals surface area contributed by atoms with Crippen molar-refractivity contribution in [1.82, 2.24) is 9.79 Å². The molecule has 3 aromatic carbocycles. The molecule has 1 amide bonds. The molecule has 10 nitrogen and oxygen atoms in total. The van der Waals surface area contributed by atoms with Gasteiger partial charge in [0.25, 0.3) is 5.91 Å². The van der Waals surface area contributed by atoms with Crippen molar-refractivity contribution < 1.29 is 41.5 Å². The standard InChI is InChI=1S/C27H23FN2O8S/c28-20-11-13-21(14-12-20)39(34,35)29-22-17-36-30(25(22)32)27(16-15-23(31)38-27)26(33)37-24(18-7-3-1-4-8-18)19-9-5-2-6-10-19/h1-14,22,24,29H,15-17H2. The molecular formula is C27H23FN2O8S. The van der Waals surface area contributed by atoms with Crippen molar-refractivity contribution in [3.63, 3.8) is 0 Å². The molecule has 2 unspecified atom stereocenters. The van der Waals surface area contributed by atoms with E-state index < -0.39 is 58.2 Å². The summed E-state index contributed by atoms with van der Waals surface area (Å²) in [7, 11) is -4.25. The molecule has 2 fully saturated rings. The Bertz CT molecular complexity index is 1450. The second-order valence-electron chi connectivity index (χ2n) is 8.92. The Morgan fingerprint density at radius 2 is 1.56 bits per heavy atom. The first-order valence-electron chi connectivity index (χ1n) is 12.0. The minimum Gasteiger partial charge on any atom is -0.448 e. The Morgan fingerprint density at radius 3 is 2.10 bits per heavy atom. The Morgan fingerprint density at radius 1 is 0.974 bits per heavy atom. The van der Waals surface area contributed by atoms with Crippen LogP contribution in [-0.2, 0) is 38.7 Å². The number of nitrogens with zero attached hydrogens (tertiary/aromatic N) is 1. The number of carbonyl (C=O) groups is 3. The number of rotatable bonds is 8. The smallest absolute Gasteiger partial charge is 0.376 e. The van der Waals surface area contributed by atoms with Gasteiger partial charge in [-0.3, -0.25) is 14.4 Å². The van der Waals surface area contributed by atoms with E-state index in [-0.39, 0.29) is 17.7 Å². The van der Waals surface area contributed by atoms with E-state index >= 15 is 0 Å². The van der Waals surface area contributed by atoms with Gasteiger partial charge in [0, 0.05) is 6.42 Å². The number of hydroxylamine groups is 2. The number of cyclic esters (lactones) is 1. The topological polar surface area (TPSA) is 128 Å². The number of carbonyl (C=O) groups excluding carboxylic acids is 3. The Kier molecular flexibility index (Phi) is 7.17. The quantitative estimate of drug-likeness (QED) is 0.421. The molecule has 0 aliphatic carbocycles. The summed E-state index contributed by atoms with van der Waals surface area (Å²) in [6, 6.07) is 20.3. The summed E-state index contributed by atoms with van der Waals surface area (Å²) in [6.45, 7) is -0.480. The zero-order chi connectivity index (χ0) is 27.6. The largest absolute Gasteiger partial charge is 0.448 e. The van der Waals surface area contributed by atoms with Crippen LogP contribution in [0.4, 0.5) is 4.39 Å². The van der Waals surface area contributed by atoms with E-state index in [9.17, 15) is 27.2 Å². The molecule has 0 aromatic heterocycles. The van der Waals surface area contributed by atoms with Gasteiger partial charge in [-0.1, -0.05) is 60.7 Å². The lowest BCUT2D eigenvalue weighted by molar-refractivity contribution is -0.260. The fourth-order valence-electron chi connectivity index (χ4n) is 4.38. The van der Waals surface area contributed by atoms with Crippen molar-refractivity contribution in [1.29, 1.82) is 0 Å². The predicted molar refractivity (Wildman–Crippen MR) is 132 cm³/mol. The Labute approximate surface area is 223 Å². The van der Waals surface area contributed by atoms with E-state index in [0.29, 0.717) is 16.2 Å². The monoisotopic (exact) mass is 554 g/mol. The third-order valence-corrected chi connectivity index (χ3v) is 7.80. The molecule has 202 valence electrons. The highest BCUT2D eigenvalue weighted by Gasteiger charge is 2.60. The first-order valence-corrected chi connectivity index (χ1v) is 13.5. The summed E-state index contributed by atoms with van der Waals surface area (Å²) >= 11 is 0. The van der Waals surface area contributed by atoms with Crippen LogP contribution in [0.25, 0.3) is 0 Å². The maximum atomic E-state index is 13.7. The van der Waals surface area contributed by atoms with Crippen LogP contribution in [0.2, 0.25) is 0 Å². The number of hydrogen-bond acceptors (Lipinski definition) is 8. The molecule has 2 saturated heterocycles. The molecule has 5 rings (SSSR count). The lowest BCUT2D eigenvalue weighted by Gasteiger charge is -2.34. The first-order chi connectivity index (χ1) is 18.7. The van der Waals surface area contributed by atoms with Crippen LogP contribution in [0.5, 0.6) is 0 Å². The van der Waals surface area contributed by atoms with E-state index in [4.69, 9.17) is 14.3 Å². The number of esters is 2. The number of halogens is 1. The van der Waals surface area contributed by atoms with Gasteiger partial charge < -0.3 is 9.47 Å². The van der Waals surface area contributed by atoms with Crippen LogP contribution in [0.3, 0.4) is 0 Å². The molecule has 3 aromatic rings. The fourth-order valence-corrected chi connectivity index (χ4v) is 5.55. The molecule has 1 N–H and O–H groups in total. The van der Waals surface area contributed by atoms with E-state index in [2.05, 4.69) is 4.72 Å². The van der Waals surface area contributed by atoms with Crippen molar-refractivity contribution in [2.24, 2.45) is 0 Å². The van der Waals surface area contributed by atoms with Crippen molar-refractivity contribution in [3.8, 4) is 0 Å². The van der Waals surface area contributed by atoms with Gasteiger partial charge in [0.05, 0.1) is 11.3 Å². The van der Waals surface area contributed by atoms with E-state index in [1.54, 1.807) is 60.7 Å². The molecule has 2 aliphatic rings. The number of nitrogens with one attached hydrogen (secondary N) is 1. The molecule has 0 bridgehead atoms. The maximum absolute atomic E-state index is 13.7. The number of ether oxygens (including phenoxy) is 2. The van der Waals surface area contributed by atoms with Crippen LogP contribution in [0.1, 0.15) is 30.1 Å². The fraction of sp³-hybridized carbons (Fsp3) is 0.222. The highest BCUT2D eigenvalue weighted by molar-refractivity contribution is 7.89. The summed E-state index contributed by atoms with van der Waals surface area (Å²) in [5, 5.41) is 0.575. The van der Waals surface area contributed by atoms with Crippen molar-refractivity contribution in [2.45, 2.75) is 35.6 Å². The third-order valence-electron chi connectivity index (χ3n) is 6.32. The minimum absolute atomic E-state index is 0.199. The van der Waals surface area contributed by atoms with E-state index in [0.717, 1.165) is 24.3 Å². The Balaban J connectivity index is 1.41. The zero-order valence-corrected chi connectivity index (χ0v) is 21.2. The van der Waals surface area contributed by atoms with Gasteiger partial charge in [0.2, 0.25) is 10.0 Å². The number of amides is 1. The molecule has 0 saturated carbocycles. The van der Waals surface area contributed by atoms with Crippen LogP contribution in [-0.4, -0.2) is 49.7 Å². The molecule has 12 heteroatoms. The summed E-state index contributed by atoms with van der Waals surface area (Å²) in [4.78, 5) is 44.4. The second kappa shape index (κ2) is 10.6. The maximum Gasteiger partial charge on any atom is 0.376 e. The number of sulfonamides is 1. The lowest BCUT2D eigenvalue weighted by Crippen LogP contribution is -2.57. The van der Waals surface area contributed by atoms with Gasteiger partial charge in [-0.05, 0) is 35.4 Å². The number of hydrogen-bond donors (Lipinski definition) is 1. The lowest BCUT2D eigenvalue weighted by atomic mass is 10.0. The number of benzene rings is 3. The average molecular weight is 555 g/mol. The summed E-state index contributed by atoms with van der Waals surface area (Å²) < 4.78 is 52.2. The first kappa shape index (κ1) is 26.5. The molecule has 0 spiro atoms. The van der Waals surface area contributed by atoms with Crippen LogP contribution in [0, 0.1) is 5.82 Å². The van der Waals surface area contributed by atoms with Gasteiger partial charge in [0.15, 0.2) is 6.10 Å². The van der Waals surface area contributed by atoms with Crippen LogP contribution >= 0.6 is 0 Å². The van der Waals surface area contributed by atoms with Gasteiger partial charge >= 0.3 is 17.7 Å². The highest BCUT2D eigenvalue weighted by Crippen LogP contribution is 2.38. The highest BCUT2D eigenvalue weighted by atomic mass is 32.2. The molecule has 0 radical (unpaired) electrons. The molecule has 39 heavy (non-hydrogen) atoms. The summed E-state index contributed by atoms with van der Waals surface area (Å²) in [6.07, 6.45) is -1.36. The molecule has 2 heterocycles. The van der Waals surface area contributed by atoms with Gasteiger partial charge in [0.1, 0.15) is 18.5 Å². The zero-order valence-electron chi connectivity index (χ0n) is 20.4. The van der Waals surface area contributed by atoms with Crippen LogP contribution in [0.15, 0.2) is 89.8 Å². The predicted octanol–water partition coefficient (Wildman–Crippen LogP) is 2.61. The van der Waals surface area contributed by atoms with Crippen LogP contribution < -0.4 is 4.72 Å². The average Bonchev–Trinajstić information content (AvgIpc) is 3.51. The summed E-state index contributed by atoms with van der Waals surface area (Å²) in [5.74, 6) is -3.40. The Hall–Kier alpha value is -4.13. The van der Waals surface area contributed by atoms with Crippen molar-refractivity contribution >= 4 is 27.9 Å². The SMILES string of the molecule is O=C1CCC(C(=O)OC(c2ccccc2)c2ccccc2)(N2OCC(NS(=O)(=O)c3ccc(F)cc3)C2=O)O1. The molecule has 2 aliphatic heterocycles. The molecule has 2 atom stereocenters. The minimum atomic E-state index is -4.25. The van der Waals surface area contributed by atoms with Gasteiger partial charge in [-0.2, -0.15) is 9.79 Å².